The molecule has 0 aliphatic carbocycles. The van der Waals surface area contributed by atoms with Crippen LogP contribution in [0.1, 0.15) is 0 Å². The van der Waals surface area contributed by atoms with Crippen molar-refractivity contribution < 1.29 is 0 Å². The summed E-state index contributed by atoms with van der Waals surface area (Å²) in [5.41, 5.74) is 15.6. The predicted octanol–water partition coefficient (Wildman–Crippen LogP) is 18.1. The Morgan fingerprint density at radius 2 is 0.431 bits per heavy atom. The number of fused-ring (bicyclic) bond motifs is 4. The van der Waals surface area contributed by atoms with Crippen LogP contribution in [-0.4, -0.2) is 0 Å². The molecule has 1 heteroatoms. The third kappa shape index (κ3) is 6.74. The Morgan fingerprint density at radius 3 is 0.785 bits per heavy atom. The van der Waals surface area contributed by atoms with E-state index in [0.29, 0.717) is 0 Å². The van der Waals surface area contributed by atoms with Crippen molar-refractivity contribution in [1.82, 2.24) is 0 Å². The van der Waals surface area contributed by atoms with E-state index in [9.17, 15) is 0 Å². The van der Waals surface area contributed by atoms with Crippen molar-refractivity contribution in [3.05, 3.63) is 261 Å². The maximum absolute atomic E-state index is 2.39. The van der Waals surface area contributed by atoms with E-state index >= 15 is 0 Å². The number of hydrogen-bond donors (Lipinski definition) is 0. The fourth-order valence-electron chi connectivity index (χ4n) is 10.2. The summed E-state index contributed by atoms with van der Waals surface area (Å²) in [7, 11) is 0. The molecule has 12 aromatic carbocycles. The largest absolute Gasteiger partial charge is 0.311 e. The summed E-state index contributed by atoms with van der Waals surface area (Å²) in [5, 5.41) is 9.89. The average molecular weight is 826 g/mol. The monoisotopic (exact) mass is 825 g/mol. The van der Waals surface area contributed by atoms with E-state index in [-0.39, 0.29) is 0 Å². The van der Waals surface area contributed by atoms with E-state index in [0.717, 1.165) is 17.1 Å². The lowest BCUT2D eigenvalue weighted by molar-refractivity contribution is 1.28. The van der Waals surface area contributed by atoms with Gasteiger partial charge in [-0.3, -0.25) is 0 Å². The topological polar surface area (TPSA) is 3.24 Å². The van der Waals surface area contributed by atoms with E-state index in [1.54, 1.807) is 0 Å². The first kappa shape index (κ1) is 38.2. The fourth-order valence-corrected chi connectivity index (χ4v) is 10.2. The second-order valence-electron chi connectivity index (χ2n) is 16.8. The van der Waals surface area contributed by atoms with Crippen LogP contribution in [0.5, 0.6) is 0 Å². The predicted molar refractivity (Wildman–Crippen MR) is 278 cm³/mol. The van der Waals surface area contributed by atoms with Gasteiger partial charge in [0.2, 0.25) is 0 Å². The number of nitrogens with zero attached hydrogens (tertiary/aromatic N) is 1. The summed E-state index contributed by atoms with van der Waals surface area (Å²) in [5.74, 6) is 0. The van der Waals surface area contributed by atoms with E-state index in [1.807, 2.05) is 0 Å². The quantitative estimate of drug-likeness (QED) is 0.138. The standard InChI is InChI=1S/C64H43N/c1-5-21-44(22-6-1)47-41-48(45-23-7-2-8-24-45)43-49(42-47)62-55-31-15-19-35-59(55)64(60-36-20-16-32-56(60)62)63-57-33-17-13-29-53(57)61(54-30-14-18-34-58(54)63)46-37-39-52(40-38-46)65(50-25-9-3-10-26-50)51-27-11-4-12-28-51/h1-43H. The maximum Gasteiger partial charge on any atom is 0.0462 e. The highest BCUT2D eigenvalue weighted by molar-refractivity contribution is 6.30. The van der Waals surface area contributed by atoms with Crippen molar-refractivity contribution in [3.63, 3.8) is 0 Å². The number of benzene rings is 12. The van der Waals surface area contributed by atoms with Gasteiger partial charge in [-0.15, -0.1) is 0 Å². The third-order valence-corrected chi connectivity index (χ3v) is 13.0. The van der Waals surface area contributed by atoms with Gasteiger partial charge in [-0.1, -0.05) is 206 Å². The molecule has 0 aromatic heterocycles. The molecule has 0 aliphatic rings. The van der Waals surface area contributed by atoms with Crippen molar-refractivity contribution in [3.8, 4) is 55.6 Å². The molecule has 304 valence electrons. The highest BCUT2D eigenvalue weighted by Crippen LogP contribution is 2.51. The minimum Gasteiger partial charge on any atom is -0.311 e. The summed E-state index contributed by atoms with van der Waals surface area (Å²) in [6.07, 6.45) is 0. The van der Waals surface area contributed by atoms with Crippen LogP contribution in [0.3, 0.4) is 0 Å². The molecule has 0 aliphatic heterocycles. The summed E-state index contributed by atoms with van der Waals surface area (Å²) >= 11 is 0. The van der Waals surface area contributed by atoms with Gasteiger partial charge in [0.1, 0.15) is 0 Å². The van der Waals surface area contributed by atoms with Gasteiger partial charge in [0.05, 0.1) is 0 Å². The van der Waals surface area contributed by atoms with Crippen LogP contribution in [0.15, 0.2) is 261 Å². The summed E-state index contributed by atoms with van der Waals surface area (Å²) in [6.45, 7) is 0. The van der Waals surface area contributed by atoms with Crippen LogP contribution in [0.2, 0.25) is 0 Å². The van der Waals surface area contributed by atoms with E-state index in [2.05, 4.69) is 266 Å². The van der Waals surface area contributed by atoms with Gasteiger partial charge in [-0.05, 0) is 153 Å². The van der Waals surface area contributed by atoms with Crippen LogP contribution in [0, 0.1) is 0 Å². The summed E-state index contributed by atoms with van der Waals surface area (Å²) in [4.78, 5) is 2.32. The lowest BCUT2D eigenvalue weighted by atomic mass is 9.80. The van der Waals surface area contributed by atoms with Crippen molar-refractivity contribution >= 4 is 60.2 Å². The van der Waals surface area contributed by atoms with Crippen LogP contribution < -0.4 is 4.90 Å². The fraction of sp³-hybridized carbons (Fsp3) is 0. The van der Waals surface area contributed by atoms with Gasteiger partial charge in [0, 0.05) is 17.1 Å². The van der Waals surface area contributed by atoms with E-state index in [1.165, 1.54) is 98.7 Å². The van der Waals surface area contributed by atoms with Crippen LogP contribution in [-0.2, 0) is 0 Å². The first-order valence-electron chi connectivity index (χ1n) is 22.4. The zero-order valence-corrected chi connectivity index (χ0v) is 35.8. The molecule has 0 N–H and O–H groups in total. The summed E-state index contributed by atoms with van der Waals surface area (Å²) in [6, 6.07) is 95.2. The molecule has 0 saturated carbocycles. The Balaban J connectivity index is 1.10. The second-order valence-corrected chi connectivity index (χ2v) is 16.8. The average Bonchev–Trinajstić information content (AvgIpc) is 3.39. The number of rotatable bonds is 8. The number of para-hydroxylation sites is 2. The minimum absolute atomic E-state index is 1.11. The lowest BCUT2D eigenvalue weighted by Crippen LogP contribution is -2.09. The Kier molecular flexibility index (Phi) is 9.58. The molecule has 0 saturated heterocycles. The smallest absolute Gasteiger partial charge is 0.0462 e. The van der Waals surface area contributed by atoms with Crippen LogP contribution >= 0.6 is 0 Å². The molecular formula is C64H43N. The molecule has 0 radical (unpaired) electrons. The van der Waals surface area contributed by atoms with Gasteiger partial charge < -0.3 is 4.90 Å². The molecule has 0 atom stereocenters. The molecule has 0 unspecified atom stereocenters. The van der Waals surface area contributed by atoms with Gasteiger partial charge in [0.15, 0.2) is 0 Å². The van der Waals surface area contributed by atoms with Crippen LogP contribution in [0.25, 0.3) is 98.7 Å². The molecule has 0 amide bonds. The molecule has 65 heavy (non-hydrogen) atoms. The molecule has 12 rings (SSSR count). The Hall–Kier alpha value is -8.52. The van der Waals surface area contributed by atoms with E-state index in [4.69, 9.17) is 0 Å². The molecule has 1 nitrogen and oxygen atoms in total. The van der Waals surface area contributed by atoms with Crippen LogP contribution in [0.4, 0.5) is 17.1 Å². The molecule has 0 fully saturated rings. The van der Waals surface area contributed by atoms with Crippen molar-refractivity contribution in [1.29, 1.82) is 0 Å². The molecule has 0 heterocycles. The van der Waals surface area contributed by atoms with Gasteiger partial charge in [-0.2, -0.15) is 0 Å². The number of hydrogen-bond acceptors (Lipinski definition) is 1. The van der Waals surface area contributed by atoms with E-state index < -0.39 is 0 Å². The maximum atomic E-state index is 2.39. The first-order valence-corrected chi connectivity index (χ1v) is 22.4. The SMILES string of the molecule is c1ccc(-c2cc(-c3ccccc3)cc(-c3c4ccccc4c(-c4c5ccccc5c(-c5ccc(N(c6ccccc6)c6ccccc6)cc5)c5ccccc45)c4ccccc34)c2)cc1. The first-order chi connectivity index (χ1) is 32.3. The number of anilines is 3. The highest BCUT2D eigenvalue weighted by atomic mass is 15.1. The zero-order chi connectivity index (χ0) is 43.1. The highest BCUT2D eigenvalue weighted by Gasteiger charge is 2.23. The van der Waals surface area contributed by atoms with Crippen molar-refractivity contribution in [2.75, 3.05) is 4.90 Å². The van der Waals surface area contributed by atoms with Gasteiger partial charge in [-0.25, -0.2) is 0 Å². The molecule has 0 bridgehead atoms. The minimum atomic E-state index is 1.11. The molecular weight excluding hydrogens is 783 g/mol. The van der Waals surface area contributed by atoms with Crippen molar-refractivity contribution in [2.45, 2.75) is 0 Å². The second kappa shape index (κ2) is 16.3. The normalized spacial score (nSPS) is 11.4. The Bertz CT molecular complexity index is 3460. The summed E-state index contributed by atoms with van der Waals surface area (Å²) < 4.78 is 0. The van der Waals surface area contributed by atoms with Crippen molar-refractivity contribution in [2.24, 2.45) is 0 Å². The molecule has 0 spiro atoms. The Morgan fingerprint density at radius 1 is 0.169 bits per heavy atom. The lowest BCUT2D eigenvalue weighted by Gasteiger charge is -2.26. The third-order valence-electron chi connectivity index (χ3n) is 13.0. The van der Waals surface area contributed by atoms with Gasteiger partial charge >= 0.3 is 0 Å². The molecule has 12 aromatic rings. The zero-order valence-electron chi connectivity index (χ0n) is 35.8. The van der Waals surface area contributed by atoms with Gasteiger partial charge in [0.25, 0.3) is 0 Å². The Labute approximate surface area is 379 Å².